The highest BCUT2D eigenvalue weighted by Gasteiger charge is 2.43. The van der Waals surface area contributed by atoms with E-state index in [1.165, 1.54) is 6.07 Å². The summed E-state index contributed by atoms with van der Waals surface area (Å²) in [5.41, 5.74) is 2.07. The van der Waals surface area contributed by atoms with Gasteiger partial charge in [-0.15, -0.1) is 0 Å². The van der Waals surface area contributed by atoms with Crippen LogP contribution in [0.5, 0.6) is 5.75 Å². The Hall–Kier alpha value is -3.55. The number of carbonyl (C=O) groups excluding carboxylic acids is 3. The van der Waals surface area contributed by atoms with Crippen molar-refractivity contribution in [1.82, 2.24) is 10.2 Å². The van der Waals surface area contributed by atoms with Gasteiger partial charge in [-0.2, -0.15) is 0 Å². The molecular weight excluding hydrogens is 494 g/mol. The normalized spacial score (nSPS) is 15.2. The molecule has 0 heterocycles. The molecule has 212 valence electrons. The topological polar surface area (TPSA) is 108 Å². The van der Waals surface area contributed by atoms with Crippen LogP contribution in [0.25, 0.3) is 0 Å². The summed E-state index contributed by atoms with van der Waals surface area (Å²) in [7, 11) is 0. The summed E-state index contributed by atoms with van der Waals surface area (Å²) >= 11 is 0. The number of rotatable bonds is 9. The van der Waals surface area contributed by atoms with Gasteiger partial charge < -0.3 is 25.4 Å². The maximum absolute atomic E-state index is 14.3. The molecule has 1 fully saturated rings. The number of aromatic hydroxyl groups is 1. The standard InChI is InChI=1S/C31H43N3O5/c1-19(2)18-24(32-30(38)39-31(5,6)7)29(37)34(22-14-11-15-22)27(23-16-8-9-17-25(23)35)28(36)33-26-20(3)12-10-13-21(26)4/h8-10,12-13,16-17,19,22,24,27,35H,11,14-15,18H2,1-7H3,(H,32,38)(H,33,36). The van der Waals surface area contributed by atoms with Crippen LogP contribution in [0.2, 0.25) is 0 Å². The van der Waals surface area contributed by atoms with Crippen LogP contribution >= 0.6 is 0 Å². The molecule has 0 aliphatic heterocycles. The molecule has 8 heteroatoms. The summed E-state index contributed by atoms with van der Waals surface area (Å²) in [4.78, 5) is 42.7. The van der Waals surface area contributed by atoms with Gasteiger partial charge in [-0.3, -0.25) is 9.59 Å². The van der Waals surface area contributed by atoms with Crippen LogP contribution in [0.1, 0.15) is 83.0 Å². The number of hydrogen-bond donors (Lipinski definition) is 3. The molecule has 3 rings (SSSR count). The Bertz CT molecular complexity index is 1160. The van der Waals surface area contributed by atoms with Gasteiger partial charge >= 0.3 is 6.09 Å². The number of anilines is 1. The largest absolute Gasteiger partial charge is 0.508 e. The Morgan fingerprint density at radius 1 is 1.03 bits per heavy atom. The molecule has 0 radical (unpaired) electrons. The molecule has 3 N–H and O–H groups in total. The first-order chi connectivity index (χ1) is 18.3. The van der Waals surface area contributed by atoms with Crippen molar-refractivity contribution in [3.05, 3.63) is 59.2 Å². The highest BCUT2D eigenvalue weighted by atomic mass is 16.6. The molecule has 39 heavy (non-hydrogen) atoms. The molecule has 0 saturated heterocycles. The van der Waals surface area contributed by atoms with Gasteiger partial charge in [0.15, 0.2) is 0 Å². The molecule has 2 atom stereocenters. The first-order valence-corrected chi connectivity index (χ1v) is 13.7. The minimum atomic E-state index is -1.10. The molecule has 0 spiro atoms. The Kier molecular flexibility index (Phi) is 9.64. The van der Waals surface area contributed by atoms with Crippen LogP contribution < -0.4 is 10.6 Å². The zero-order valence-electron chi connectivity index (χ0n) is 24.2. The first-order valence-electron chi connectivity index (χ1n) is 13.7. The van der Waals surface area contributed by atoms with Crippen molar-refractivity contribution in [2.24, 2.45) is 5.92 Å². The summed E-state index contributed by atoms with van der Waals surface area (Å²) in [6.45, 7) is 13.1. The molecule has 2 unspecified atom stereocenters. The van der Waals surface area contributed by atoms with Gasteiger partial charge in [0.2, 0.25) is 5.91 Å². The second-order valence-electron chi connectivity index (χ2n) is 11.9. The van der Waals surface area contributed by atoms with E-state index in [0.29, 0.717) is 17.7 Å². The van der Waals surface area contributed by atoms with E-state index in [2.05, 4.69) is 10.6 Å². The molecule has 8 nitrogen and oxygen atoms in total. The Morgan fingerprint density at radius 2 is 1.64 bits per heavy atom. The van der Waals surface area contributed by atoms with E-state index in [4.69, 9.17) is 4.74 Å². The number of para-hydroxylation sites is 2. The summed E-state index contributed by atoms with van der Waals surface area (Å²) < 4.78 is 5.46. The number of hydrogen-bond acceptors (Lipinski definition) is 5. The zero-order chi connectivity index (χ0) is 28.9. The predicted molar refractivity (Wildman–Crippen MR) is 152 cm³/mol. The van der Waals surface area contributed by atoms with Crippen LogP contribution in [0.3, 0.4) is 0 Å². The van der Waals surface area contributed by atoms with Gasteiger partial charge in [-0.05, 0) is 83.4 Å². The van der Waals surface area contributed by atoms with Crippen molar-refractivity contribution in [3.63, 3.8) is 0 Å². The summed E-state index contributed by atoms with van der Waals surface area (Å²) in [5, 5.41) is 16.7. The third-order valence-corrected chi connectivity index (χ3v) is 6.91. The number of nitrogens with one attached hydrogen (secondary N) is 2. The maximum atomic E-state index is 14.3. The van der Waals surface area contributed by atoms with Crippen molar-refractivity contribution in [3.8, 4) is 5.75 Å². The van der Waals surface area contributed by atoms with Crippen molar-refractivity contribution in [2.45, 2.75) is 97.9 Å². The monoisotopic (exact) mass is 537 g/mol. The van der Waals surface area contributed by atoms with Crippen LogP contribution in [0, 0.1) is 19.8 Å². The number of alkyl carbamates (subject to hydrolysis) is 1. The molecule has 1 aliphatic rings. The molecule has 0 bridgehead atoms. The van der Waals surface area contributed by atoms with Gasteiger partial charge in [-0.1, -0.05) is 50.2 Å². The van der Waals surface area contributed by atoms with E-state index in [0.717, 1.165) is 30.4 Å². The number of phenolic OH excluding ortho intramolecular Hbond substituents is 1. The number of nitrogens with zero attached hydrogens (tertiary/aromatic N) is 1. The number of phenols is 1. The number of amides is 3. The zero-order valence-corrected chi connectivity index (χ0v) is 24.2. The van der Waals surface area contributed by atoms with Gasteiger partial charge in [0.05, 0.1) is 0 Å². The Morgan fingerprint density at radius 3 is 2.15 bits per heavy atom. The first kappa shape index (κ1) is 30.0. The highest BCUT2D eigenvalue weighted by Crippen LogP contribution is 2.38. The summed E-state index contributed by atoms with van der Waals surface area (Å²) in [6, 6.07) is 10.1. The fourth-order valence-corrected chi connectivity index (χ4v) is 4.84. The minimum Gasteiger partial charge on any atom is -0.508 e. The van der Waals surface area contributed by atoms with E-state index >= 15 is 0 Å². The molecule has 2 aromatic carbocycles. The van der Waals surface area contributed by atoms with E-state index < -0.39 is 29.7 Å². The summed E-state index contributed by atoms with van der Waals surface area (Å²) in [6.07, 6.45) is 2.07. The molecule has 3 amide bonds. The predicted octanol–water partition coefficient (Wildman–Crippen LogP) is 6.01. The van der Waals surface area contributed by atoms with E-state index in [1.54, 1.807) is 43.9 Å². The fraction of sp³-hybridized carbons (Fsp3) is 0.516. The van der Waals surface area contributed by atoms with Gasteiger partial charge in [0.1, 0.15) is 23.4 Å². The maximum Gasteiger partial charge on any atom is 0.408 e. The lowest BCUT2D eigenvalue weighted by Gasteiger charge is -2.44. The lowest BCUT2D eigenvalue weighted by Crippen LogP contribution is -2.57. The Labute approximate surface area is 232 Å². The van der Waals surface area contributed by atoms with Crippen molar-refractivity contribution in [2.75, 3.05) is 5.32 Å². The third kappa shape index (κ3) is 7.74. The summed E-state index contributed by atoms with van der Waals surface area (Å²) in [5.74, 6) is -0.778. The third-order valence-electron chi connectivity index (χ3n) is 6.91. The molecule has 1 aliphatic carbocycles. The van der Waals surface area contributed by atoms with Crippen LogP contribution in [-0.4, -0.2) is 45.6 Å². The number of carbonyl (C=O) groups is 3. The number of ether oxygens (including phenoxy) is 1. The van der Waals surface area contributed by atoms with E-state index in [9.17, 15) is 19.5 Å². The second kappa shape index (κ2) is 12.5. The quantitative estimate of drug-likeness (QED) is 0.363. The van der Waals surface area contributed by atoms with Crippen molar-refractivity contribution < 1.29 is 24.2 Å². The number of benzene rings is 2. The van der Waals surface area contributed by atoms with Crippen LogP contribution in [0.15, 0.2) is 42.5 Å². The van der Waals surface area contributed by atoms with E-state index in [1.807, 2.05) is 45.9 Å². The van der Waals surface area contributed by atoms with E-state index in [-0.39, 0.29) is 23.6 Å². The average Bonchev–Trinajstić information content (AvgIpc) is 2.78. The minimum absolute atomic E-state index is 0.0724. The van der Waals surface area contributed by atoms with Gasteiger partial charge in [0, 0.05) is 17.3 Å². The lowest BCUT2D eigenvalue weighted by atomic mass is 9.87. The smallest absolute Gasteiger partial charge is 0.408 e. The molecule has 2 aromatic rings. The number of aryl methyl sites for hydroxylation is 2. The van der Waals surface area contributed by atoms with Crippen LogP contribution in [0.4, 0.5) is 10.5 Å². The SMILES string of the molecule is Cc1cccc(C)c1NC(=O)C(c1ccccc1O)N(C(=O)C(CC(C)C)NC(=O)OC(C)(C)C)C1CCC1. The Balaban J connectivity index is 2.06. The van der Waals surface area contributed by atoms with Gasteiger partial charge in [0.25, 0.3) is 5.91 Å². The fourth-order valence-electron chi connectivity index (χ4n) is 4.84. The van der Waals surface area contributed by atoms with Crippen molar-refractivity contribution in [1.29, 1.82) is 0 Å². The molecule has 0 aromatic heterocycles. The highest BCUT2D eigenvalue weighted by molar-refractivity contribution is 6.00. The second-order valence-corrected chi connectivity index (χ2v) is 11.9. The molecular formula is C31H43N3O5. The van der Waals surface area contributed by atoms with Gasteiger partial charge in [-0.25, -0.2) is 4.79 Å². The average molecular weight is 538 g/mol. The van der Waals surface area contributed by atoms with Crippen molar-refractivity contribution >= 4 is 23.6 Å². The van der Waals surface area contributed by atoms with Crippen LogP contribution in [-0.2, 0) is 14.3 Å². The molecule has 1 saturated carbocycles. The lowest BCUT2D eigenvalue weighted by molar-refractivity contribution is -0.146.